The topological polar surface area (TPSA) is 79.0 Å². The second-order valence-corrected chi connectivity index (χ2v) is 10.5. The van der Waals surface area contributed by atoms with Gasteiger partial charge in [0.15, 0.2) is 0 Å². The van der Waals surface area contributed by atoms with Gasteiger partial charge in [0.2, 0.25) is 5.91 Å². The van der Waals surface area contributed by atoms with Crippen molar-refractivity contribution in [2.75, 3.05) is 42.5 Å². The Bertz CT molecular complexity index is 1280. The molecule has 0 atom stereocenters. The zero-order chi connectivity index (χ0) is 24.8. The standard InChI is InChI=1S/C26H28ClN3O4S/c1-34-25-13-12-21(27)18-24(25)30(35(32,33)22-9-3-2-4-10-22)19-26(31)28-15-7-16-29-17-14-20-8-5-6-11-23(20)29/h2-6,8-13,18H,7,14-17,19H2,1H3,(H,28,31). The Morgan fingerprint density at radius 2 is 1.83 bits per heavy atom. The lowest BCUT2D eigenvalue weighted by Gasteiger charge is -2.26. The van der Waals surface area contributed by atoms with Crippen LogP contribution in [0.3, 0.4) is 0 Å². The molecule has 9 heteroatoms. The Balaban J connectivity index is 1.45. The van der Waals surface area contributed by atoms with Gasteiger partial charge in [-0.2, -0.15) is 0 Å². The summed E-state index contributed by atoms with van der Waals surface area (Å²) in [5.41, 5.74) is 2.79. The van der Waals surface area contributed by atoms with Crippen molar-refractivity contribution in [3.63, 3.8) is 0 Å². The summed E-state index contributed by atoms with van der Waals surface area (Å²) in [6.45, 7) is 1.81. The second kappa shape index (κ2) is 11.0. The molecule has 184 valence electrons. The second-order valence-electron chi connectivity index (χ2n) is 8.21. The number of nitrogens with zero attached hydrogens (tertiary/aromatic N) is 2. The number of halogens is 1. The van der Waals surface area contributed by atoms with E-state index in [1.807, 2.05) is 12.1 Å². The predicted molar refractivity (Wildman–Crippen MR) is 139 cm³/mol. The molecular weight excluding hydrogens is 486 g/mol. The van der Waals surface area contributed by atoms with Crippen LogP contribution in [0.25, 0.3) is 0 Å². The van der Waals surface area contributed by atoms with Gasteiger partial charge in [-0.3, -0.25) is 9.10 Å². The first-order chi connectivity index (χ1) is 16.9. The molecular formula is C26H28ClN3O4S. The molecule has 7 nitrogen and oxygen atoms in total. The summed E-state index contributed by atoms with van der Waals surface area (Å²) in [6, 6.07) is 21.0. The number of sulfonamides is 1. The Labute approximate surface area is 211 Å². The van der Waals surface area contributed by atoms with Crippen molar-refractivity contribution in [2.45, 2.75) is 17.7 Å². The molecule has 35 heavy (non-hydrogen) atoms. The number of benzene rings is 3. The predicted octanol–water partition coefficient (Wildman–Crippen LogP) is 4.11. The molecule has 0 bridgehead atoms. The SMILES string of the molecule is COc1ccc(Cl)cc1N(CC(=O)NCCCN1CCc2ccccc21)S(=O)(=O)c1ccccc1. The fourth-order valence-electron chi connectivity index (χ4n) is 4.20. The van der Waals surface area contributed by atoms with E-state index in [-0.39, 0.29) is 10.6 Å². The Morgan fingerprint density at radius 1 is 1.09 bits per heavy atom. The van der Waals surface area contributed by atoms with Gasteiger partial charge in [0.1, 0.15) is 12.3 Å². The van der Waals surface area contributed by atoms with Crippen molar-refractivity contribution >= 4 is 38.9 Å². The summed E-state index contributed by atoms with van der Waals surface area (Å²) in [5.74, 6) is -0.109. The van der Waals surface area contributed by atoms with Crippen molar-refractivity contribution in [3.05, 3.63) is 83.4 Å². The lowest BCUT2D eigenvalue weighted by Crippen LogP contribution is -2.41. The molecule has 1 heterocycles. The van der Waals surface area contributed by atoms with Crippen molar-refractivity contribution in [2.24, 2.45) is 0 Å². The van der Waals surface area contributed by atoms with Gasteiger partial charge in [-0.25, -0.2) is 8.42 Å². The summed E-state index contributed by atoms with van der Waals surface area (Å²) >= 11 is 6.17. The van der Waals surface area contributed by atoms with E-state index in [0.29, 0.717) is 17.3 Å². The van der Waals surface area contributed by atoms with Crippen LogP contribution in [-0.4, -0.2) is 47.6 Å². The van der Waals surface area contributed by atoms with E-state index >= 15 is 0 Å². The smallest absolute Gasteiger partial charge is 0.264 e. The van der Waals surface area contributed by atoms with Gasteiger partial charge in [-0.1, -0.05) is 48.0 Å². The minimum absolute atomic E-state index is 0.0718. The molecule has 3 aromatic rings. The average molecular weight is 514 g/mol. The molecule has 3 aromatic carbocycles. The number of ether oxygens (including phenoxy) is 1. The highest BCUT2D eigenvalue weighted by atomic mass is 35.5. The third-order valence-corrected chi connectivity index (χ3v) is 7.95. The van der Waals surface area contributed by atoms with Crippen molar-refractivity contribution in [1.82, 2.24) is 5.32 Å². The molecule has 1 aliphatic rings. The van der Waals surface area contributed by atoms with Crippen LogP contribution >= 0.6 is 11.6 Å². The van der Waals surface area contributed by atoms with E-state index in [9.17, 15) is 13.2 Å². The van der Waals surface area contributed by atoms with Crippen LogP contribution in [0.5, 0.6) is 5.75 Å². The monoisotopic (exact) mass is 513 g/mol. The number of methoxy groups -OCH3 is 1. The Morgan fingerprint density at radius 3 is 2.60 bits per heavy atom. The number of para-hydroxylation sites is 1. The third-order valence-electron chi connectivity index (χ3n) is 5.94. The van der Waals surface area contributed by atoms with E-state index in [4.69, 9.17) is 16.3 Å². The Hall–Kier alpha value is -3.23. The van der Waals surface area contributed by atoms with E-state index in [1.165, 1.54) is 36.6 Å². The van der Waals surface area contributed by atoms with Crippen LogP contribution in [0.15, 0.2) is 77.7 Å². The van der Waals surface area contributed by atoms with Crippen molar-refractivity contribution in [1.29, 1.82) is 0 Å². The van der Waals surface area contributed by atoms with Gasteiger partial charge in [0.25, 0.3) is 10.0 Å². The number of rotatable bonds is 10. The van der Waals surface area contributed by atoms with Crippen LogP contribution in [0, 0.1) is 0 Å². The van der Waals surface area contributed by atoms with Gasteiger partial charge >= 0.3 is 0 Å². The lowest BCUT2D eigenvalue weighted by molar-refractivity contribution is -0.119. The van der Waals surface area contributed by atoms with E-state index in [2.05, 4.69) is 22.3 Å². The molecule has 4 rings (SSSR count). The summed E-state index contributed by atoms with van der Waals surface area (Å²) in [6.07, 6.45) is 1.77. The minimum Gasteiger partial charge on any atom is -0.495 e. The summed E-state index contributed by atoms with van der Waals surface area (Å²) in [4.78, 5) is 15.3. The number of carbonyl (C=O) groups excluding carboxylic acids is 1. The number of nitrogens with one attached hydrogen (secondary N) is 1. The number of fused-ring (bicyclic) bond motifs is 1. The van der Waals surface area contributed by atoms with Crippen LogP contribution < -0.4 is 19.3 Å². The van der Waals surface area contributed by atoms with Crippen LogP contribution in [0.2, 0.25) is 5.02 Å². The van der Waals surface area contributed by atoms with Gasteiger partial charge < -0.3 is 15.0 Å². The first kappa shape index (κ1) is 24.9. The van der Waals surface area contributed by atoms with Gasteiger partial charge in [-0.05, 0) is 54.8 Å². The van der Waals surface area contributed by atoms with E-state index in [0.717, 1.165) is 30.2 Å². The Kier molecular flexibility index (Phi) is 7.83. The normalized spacial score (nSPS) is 12.8. The summed E-state index contributed by atoms with van der Waals surface area (Å²) in [7, 11) is -2.61. The minimum atomic E-state index is -4.05. The number of carbonyl (C=O) groups is 1. The molecule has 1 aliphatic heterocycles. The van der Waals surface area contributed by atoms with Gasteiger partial charge in [0, 0.05) is 30.3 Å². The first-order valence-corrected chi connectivity index (χ1v) is 13.2. The van der Waals surface area contributed by atoms with E-state index in [1.54, 1.807) is 30.3 Å². The van der Waals surface area contributed by atoms with Crippen molar-refractivity contribution < 1.29 is 17.9 Å². The molecule has 0 fully saturated rings. The third kappa shape index (κ3) is 5.71. The average Bonchev–Trinajstić information content (AvgIpc) is 3.28. The molecule has 0 saturated carbocycles. The zero-order valence-electron chi connectivity index (χ0n) is 19.5. The fraction of sp³-hybridized carbons (Fsp3) is 0.269. The maximum absolute atomic E-state index is 13.5. The summed E-state index contributed by atoms with van der Waals surface area (Å²) in [5, 5.41) is 3.19. The molecule has 1 amide bonds. The number of hydrogen-bond donors (Lipinski definition) is 1. The van der Waals surface area contributed by atoms with Crippen molar-refractivity contribution in [3.8, 4) is 5.75 Å². The molecule has 0 unspecified atom stereocenters. The van der Waals surface area contributed by atoms with Crippen LogP contribution in [-0.2, 0) is 21.2 Å². The fourth-order valence-corrected chi connectivity index (χ4v) is 5.81. The maximum Gasteiger partial charge on any atom is 0.264 e. The summed E-state index contributed by atoms with van der Waals surface area (Å²) < 4.78 is 33.4. The van der Waals surface area contributed by atoms with Crippen LogP contribution in [0.1, 0.15) is 12.0 Å². The largest absolute Gasteiger partial charge is 0.495 e. The molecule has 1 N–H and O–H groups in total. The molecule has 0 radical (unpaired) electrons. The van der Waals surface area contributed by atoms with Gasteiger partial charge in [-0.15, -0.1) is 0 Å². The highest BCUT2D eigenvalue weighted by Gasteiger charge is 2.29. The zero-order valence-corrected chi connectivity index (χ0v) is 21.1. The maximum atomic E-state index is 13.5. The highest BCUT2D eigenvalue weighted by molar-refractivity contribution is 7.92. The highest BCUT2D eigenvalue weighted by Crippen LogP contribution is 2.34. The number of amides is 1. The molecule has 0 spiro atoms. The van der Waals surface area contributed by atoms with Crippen LogP contribution in [0.4, 0.5) is 11.4 Å². The molecule has 0 saturated heterocycles. The molecule has 0 aliphatic carbocycles. The number of anilines is 2. The quantitative estimate of drug-likeness (QED) is 0.413. The van der Waals surface area contributed by atoms with E-state index < -0.39 is 22.5 Å². The number of hydrogen-bond acceptors (Lipinski definition) is 5. The van der Waals surface area contributed by atoms with Gasteiger partial charge in [0.05, 0.1) is 17.7 Å². The molecule has 0 aromatic heterocycles. The lowest BCUT2D eigenvalue weighted by atomic mass is 10.2. The first-order valence-electron chi connectivity index (χ1n) is 11.4.